The molecular formula is C18H20N2O2S. The molecule has 1 aromatic heterocycles. The topological polar surface area (TPSA) is 45.5 Å². The van der Waals surface area contributed by atoms with Gasteiger partial charge in [-0.3, -0.25) is 4.79 Å². The van der Waals surface area contributed by atoms with E-state index in [2.05, 4.69) is 10.2 Å². The maximum Gasteiger partial charge on any atom is 0.251 e. The number of fused-ring (bicyclic) bond motifs is 2. The Bertz CT molecular complexity index is 710. The number of carbonyl (C=O) groups excluding carboxylic acids is 1. The standard InChI is InChI=1S/C18H20N2O2S/c1-12-2-7-17(22-12)23-15-5-3-13(4-6-15)18(21)19-16-11-20-9-8-14(16)10-20/h2-7,14,16H,8-11H2,1H3,(H,19,21). The van der Waals surface area contributed by atoms with E-state index in [1.807, 2.05) is 43.3 Å². The summed E-state index contributed by atoms with van der Waals surface area (Å²) in [5.41, 5.74) is 0.725. The molecule has 2 aliphatic rings. The third-order valence-corrected chi connectivity index (χ3v) is 5.63. The van der Waals surface area contributed by atoms with Crippen LogP contribution < -0.4 is 5.32 Å². The maximum atomic E-state index is 12.4. The van der Waals surface area contributed by atoms with Gasteiger partial charge in [-0.2, -0.15) is 0 Å². The van der Waals surface area contributed by atoms with Crippen LogP contribution in [0.5, 0.6) is 0 Å². The molecule has 3 atom stereocenters. The number of amides is 1. The predicted octanol–water partition coefficient (Wildman–Crippen LogP) is 3.17. The SMILES string of the molecule is Cc1ccc(Sc2ccc(C(=O)NC3CN4CCC3C4)cc2)o1. The summed E-state index contributed by atoms with van der Waals surface area (Å²) in [6.45, 7) is 5.27. The molecule has 23 heavy (non-hydrogen) atoms. The van der Waals surface area contributed by atoms with Gasteiger partial charge in [0.05, 0.1) is 0 Å². The number of furan rings is 1. The molecule has 3 heterocycles. The van der Waals surface area contributed by atoms with E-state index in [0.29, 0.717) is 12.0 Å². The van der Waals surface area contributed by atoms with Crippen LogP contribution in [0.15, 0.2) is 50.8 Å². The van der Waals surface area contributed by atoms with Gasteiger partial charge in [-0.25, -0.2) is 0 Å². The molecule has 0 spiro atoms. The van der Waals surface area contributed by atoms with Gasteiger partial charge in [0.15, 0.2) is 5.09 Å². The zero-order chi connectivity index (χ0) is 15.8. The molecule has 1 N–H and O–H groups in total. The molecule has 2 aromatic rings. The first-order valence-corrected chi connectivity index (χ1v) is 8.86. The van der Waals surface area contributed by atoms with E-state index in [1.165, 1.54) is 13.0 Å². The second-order valence-corrected chi connectivity index (χ2v) is 7.46. The summed E-state index contributed by atoms with van der Waals surface area (Å²) in [6, 6.07) is 12.0. The smallest absolute Gasteiger partial charge is 0.251 e. The van der Waals surface area contributed by atoms with Gasteiger partial charge < -0.3 is 14.6 Å². The molecule has 4 nitrogen and oxygen atoms in total. The van der Waals surface area contributed by atoms with E-state index < -0.39 is 0 Å². The van der Waals surface area contributed by atoms with Crippen LogP contribution >= 0.6 is 11.8 Å². The lowest BCUT2D eigenvalue weighted by molar-refractivity contribution is 0.0924. The molecule has 4 rings (SSSR count). The maximum absolute atomic E-state index is 12.4. The average molecular weight is 328 g/mol. The Kier molecular flexibility index (Phi) is 3.91. The molecule has 0 saturated carbocycles. The van der Waals surface area contributed by atoms with Crippen molar-refractivity contribution in [2.45, 2.75) is 29.4 Å². The number of rotatable bonds is 4. The minimum Gasteiger partial charge on any atom is -0.455 e. The van der Waals surface area contributed by atoms with Crippen molar-refractivity contribution in [2.24, 2.45) is 5.92 Å². The average Bonchev–Trinajstić information content (AvgIpc) is 3.25. The van der Waals surface area contributed by atoms with E-state index >= 15 is 0 Å². The minimum absolute atomic E-state index is 0.0362. The lowest BCUT2D eigenvalue weighted by Crippen LogP contribution is -2.43. The summed E-state index contributed by atoms with van der Waals surface area (Å²) in [5.74, 6) is 1.58. The highest BCUT2D eigenvalue weighted by molar-refractivity contribution is 7.99. The van der Waals surface area contributed by atoms with Crippen LogP contribution in [-0.2, 0) is 0 Å². The van der Waals surface area contributed by atoms with Crippen molar-refractivity contribution >= 4 is 17.7 Å². The number of carbonyl (C=O) groups is 1. The lowest BCUT2D eigenvalue weighted by Gasteiger charge is -2.23. The highest BCUT2D eigenvalue weighted by Crippen LogP contribution is 2.30. The Morgan fingerprint density at radius 2 is 2.04 bits per heavy atom. The highest BCUT2D eigenvalue weighted by Gasteiger charge is 2.38. The molecular weight excluding hydrogens is 308 g/mol. The van der Waals surface area contributed by atoms with Crippen molar-refractivity contribution in [3.05, 3.63) is 47.7 Å². The van der Waals surface area contributed by atoms with Crippen molar-refractivity contribution in [3.8, 4) is 0 Å². The third-order valence-electron chi connectivity index (χ3n) is 4.70. The molecule has 5 heteroatoms. The fourth-order valence-electron chi connectivity index (χ4n) is 3.46. The van der Waals surface area contributed by atoms with Gasteiger partial charge in [0, 0.05) is 29.6 Å². The fourth-order valence-corrected chi connectivity index (χ4v) is 4.27. The Morgan fingerprint density at radius 3 is 2.65 bits per heavy atom. The largest absolute Gasteiger partial charge is 0.455 e. The van der Waals surface area contributed by atoms with Crippen LogP contribution in [0.1, 0.15) is 22.5 Å². The summed E-state index contributed by atoms with van der Waals surface area (Å²) in [7, 11) is 0. The van der Waals surface area contributed by atoms with E-state index in [9.17, 15) is 4.79 Å². The molecule has 0 radical (unpaired) electrons. The van der Waals surface area contributed by atoms with Crippen LogP contribution in [0.25, 0.3) is 0 Å². The van der Waals surface area contributed by atoms with Gasteiger partial charge in [0.2, 0.25) is 0 Å². The normalized spacial score (nSPS) is 25.7. The molecule has 1 aromatic carbocycles. The first-order valence-electron chi connectivity index (χ1n) is 8.05. The Balaban J connectivity index is 1.38. The first-order chi connectivity index (χ1) is 11.2. The third kappa shape index (κ3) is 3.16. The number of nitrogens with zero attached hydrogens (tertiary/aromatic N) is 1. The van der Waals surface area contributed by atoms with Gasteiger partial charge in [0.25, 0.3) is 5.91 Å². The second kappa shape index (κ2) is 6.06. The molecule has 120 valence electrons. The van der Waals surface area contributed by atoms with Crippen LogP contribution in [0.2, 0.25) is 0 Å². The zero-order valence-corrected chi connectivity index (χ0v) is 13.9. The molecule has 2 fully saturated rings. The predicted molar refractivity (Wildman–Crippen MR) is 89.8 cm³/mol. The van der Waals surface area contributed by atoms with Crippen molar-refractivity contribution < 1.29 is 9.21 Å². The number of hydrogen-bond donors (Lipinski definition) is 1. The van der Waals surface area contributed by atoms with Crippen LogP contribution in [-0.4, -0.2) is 36.5 Å². The molecule has 1 amide bonds. The summed E-state index contributed by atoms with van der Waals surface area (Å²) in [6.07, 6.45) is 1.21. The second-order valence-electron chi connectivity index (χ2n) is 6.38. The number of hydrogen-bond acceptors (Lipinski definition) is 4. The van der Waals surface area contributed by atoms with Gasteiger partial charge >= 0.3 is 0 Å². The van der Waals surface area contributed by atoms with Gasteiger partial charge in [-0.05, 0) is 62.2 Å². The lowest BCUT2D eigenvalue weighted by atomic mass is 9.99. The number of nitrogens with one attached hydrogen (secondary N) is 1. The zero-order valence-electron chi connectivity index (χ0n) is 13.1. The number of benzene rings is 1. The van der Waals surface area contributed by atoms with Crippen molar-refractivity contribution in [2.75, 3.05) is 19.6 Å². The quantitative estimate of drug-likeness (QED) is 0.936. The number of piperidine rings is 1. The van der Waals surface area contributed by atoms with E-state index in [4.69, 9.17) is 4.42 Å². The first kappa shape index (κ1) is 14.8. The van der Waals surface area contributed by atoms with Crippen molar-refractivity contribution in [3.63, 3.8) is 0 Å². The summed E-state index contributed by atoms with van der Waals surface area (Å²) in [4.78, 5) is 15.9. The van der Waals surface area contributed by atoms with E-state index in [-0.39, 0.29) is 5.91 Å². The molecule has 2 bridgehead atoms. The monoisotopic (exact) mass is 328 g/mol. The van der Waals surface area contributed by atoms with Crippen molar-refractivity contribution in [1.29, 1.82) is 0 Å². The Labute approximate surface area is 140 Å². The molecule has 0 aliphatic carbocycles. The van der Waals surface area contributed by atoms with Crippen LogP contribution in [0.4, 0.5) is 0 Å². The summed E-state index contributed by atoms with van der Waals surface area (Å²) < 4.78 is 5.56. The minimum atomic E-state index is 0.0362. The summed E-state index contributed by atoms with van der Waals surface area (Å²) >= 11 is 1.57. The molecule has 2 aliphatic heterocycles. The molecule has 2 saturated heterocycles. The Hall–Kier alpha value is -1.72. The Morgan fingerprint density at radius 1 is 1.22 bits per heavy atom. The van der Waals surface area contributed by atoms with Gasteiger partial charge in [-0.15, -0.1) is 0 Å². The van der Waals surface area contributed by atoms with E-state index in [0.717, 1.165) is 34.4 Å². The fraction of sp³-hybridized carbons (Fsp3) is 0.389. The van der Waals surface area contributed by atoms with E-state index in [1.54, 1.807) is 11.8 Å². The number of aryl methyl sites for hydroxylation is 1. The highest BCUT2D eigenvalue weighted by atomic mass is 32.2. The summed E-state index contributed by atoms with van der Waals surface area (Å²) in [5, 5.41) is 4.06. The van der Waals surface area contributed by atoms with Gasteiger partial charge in [-0.1, -0.05) is 11.8 Å². The van der Waals surface area contributed by atoms with Crippen LogP contribution in [0, 0.1) is 12.8 Å². The van der Waals surface area contributed by atoms with Crippen molar-refractivity contribution in [1.82, 2.24) is 10.2 Å². The van der Waals surface area contributed by atoms with Gasteiger partial charge in [0.1, 0.15) is 5.76 Å². The molecule has 3 unspecified atom stereocenters. The van der Waals surface area contributed by atoms with Crippen LogP contribution in [0.3, 0.4) is 0 Å².